The summed E-state index contributed by atoms with van der Waals surface area (Å²) in [7, 11) is 0. The predicted octanol–water partition coefficient (Wildman–Crippen LogP) is 1.34. The molecule has 0 spiro atoms. The van der Waals surface area contributed by atoms with Crippen LogP contribution in [0.25, 0.3) is 11.1 Å². The second kappa shape index (κ2) is 3.85. The molecular weight excluding hydrogens is 222 g/mol. The molecule has 88 valence electrons. The molecule has 1 saturated heterocycles. The first kappa shape index (κ1) is 10.3. The fourth-order valence-corrected chi connectivity index (χ4v) is 2.08. The number of aromatic nitrogens is 1. The fraction of sp³-hybridized carbons (Fsp3) is 0.333. The minimum atomic E-state index is -0.506. The van der Waals surface area contributed by atoms with E-state index in [0.717, 1.165) is 6.42 Å². The minimum Gasteiger partial charge on any atom is -0.408 e. The van der Waals surface area contributed by atoms with Crippen molar-refractivity contribution in [2.45, 2.75) is 6.42 Å². The van der Waals surface area contributed by atoms with Gasteiger partial charge >= 0.3 is 5.76 Å². The van der Waals surface area contributed by atoms with E-state index in [-0.39, 0.29) is 11.7 Å². The lowest BCUT2D eigenvalue weighted by molar-refractivity contribution is 0.0900. The number of oxazole rings is 1. The molecule has 1 N–H and O–H groups in total. The Balaban J connectivity index is 1.99. The fourth-order valence-electron chi connectivity index (χ4n) is 2.08. The summed E-state index contributed by atoms with van der Waals surface area (Å²) in [5, 5.41) is 0. The highest BCUT2D eigenvalue weighted by Crippen LogP contribution is 2.20. The molecule has 3 rings (SSSR count). The topological polar surface area (TPSA) is 72.3 Å². The lowest BCUT2D eigenvalue weighted by atomic mass is 9.97. The number of Topliss-reactive ketones (excluding diaryl/α,β-unsaturated/α-hetero) is 1. The molecule has 1 aromatic carbocycles. The first-order valence-electron chi connectivity index (χ1n) is 5.49. The van der Waals surface area contributed by atoms with E-state index in [1.807, 2.05) is 0 Å². The van der Waals surface area contributed by atoms with E-state index in [4.69, 9.17) is 9.15 Å². The van der Waals surface area contributed by atoms with Crippen LogP contribution in [-0.4, -0.2) is 24.0 Å². The number of fused-ring (bicyclic) bond motifs is 1. The molecule has 2 aromatic rings. The Hall–Kier alpha value is -1.88. The zero-order valence-electron chi connectivity index (χ0n) is 9.06. The second-order valence-electron chi connectivity index (χ2n) is 4.15. The van der Waals surface area contributed by atoms with E-state index in [1.54, 1.807) is 18.2 Å². The van der Waals surface area contributed by atoms with E-state index >= 15 is 0 Å². The molecule has 17 heavy (non-hydrogen) atoms. The maximum absolute atomic E-state index is 12.1. The number of aromatic amines is 1. The van der Waals surface area contributed by atoms with Crippen LogP contribution in [0, 0.1) is 5.92 Å². The van der Waals surface area contributed by atoms with Crippen molar-refractivity contribution in [1.29, 1.82) is 0 Å². The SMILES string of the molecule is O=C(c1ccc2[nH]c(=O)oc2c1)C1CCOC1. The number of hydrogen-bond donors (Lipinski definition) is 1. The standard InChI is InChI=1S/C12H11NO4/c14-11(8-3-4-16-6-8)7-1-2-9-10(5-7)17-12(15)13-9/h1-2,5,8H,3-4,6H2,(H,13,15). The van der Waals surface area contributed by atoms with Gasteiger partial charge in [-0.1, -0.05) is 0 Å². The van der Waals surface area contributed by atoms with Crippen molar-refractivity contribution in [2.24, 2.45) is 5.92 Å². The zero-order valence-corrected chi connectivity index (χ0v) is 9.06. The Bertz CT molecular complexity index is 619. The Morgan fingerprint density at radius 1 is 1.41 bits per heavy atom. The molecule has 1 aliphatic rings. The van der Waals surface area contributed by atoms with E-state index in [9.17, 15) is 9.59 Å². The summed E-state index contributed by atoms with van der Waals surface area (Å²) >= 11 is 0. The number of carbonyl (C=O) groups excluding carboxylic acids is 1. The molecule has 1 unspecified atom stereocenters. The van der Waals surface area contributed by atoms with Gasteiger partial charge in [-0.15, -0.1) is 0 Å². The number of carbonyl (C=O) groups is 1. The van der Waals surface area contributed by atoms with Crippen LogP contribution in [0.4, 0.5) is 0 Å². The molecule has 1 fully saturated rings. The Morgan fingerprint density at radius 3 is 3.06 bits per heavy atom. The van der Waals surface area contributed by atoms with Gasteiger partial charge in [0.25, 0.3) is 0 Å². The first-order chi connectivity index (χ1) is 8.24. The molecular formula is C12H11NO4. The summed E-state index contributed by atoms with van der Waals surface area (Å²) < 4.78 is 10.1. The molecule has 5 nitrogen and oxygen atoms in total. The third-order valence-corrected chi connectivity index (χ3v) is 3.01. The van der Waals surface area contributed by atoms with E-state index in [2.05, 4.69) is 4.98 Å². The first-order valence-corrected chi connectivity index (χ1v) is 5.49. The van der Waals surface area contributed by atoms with Crippen LogP contribution < -0.4 is 5.76 Å². The number of ketones is 1. The summed E-state index contributed by atoms with van der Waals surface area (Å²) in [5.74, 6) is -0.528. The smallest absolute Gasteiger partial charge is 0.408 e. The maximum atomic E-state index is 12.1. The molecule has 0 radical (unpaired) electrons. The van der Waals surface area contributed by atoms with E-state index in [0.29, 0.717) is 29.9 Å². The van der Waals surface area contributed by atoms with Crippen molar-refractivity contribution in [3.63, 3.8) is 0 Å². The number of hydrogen-bond acceptors (Lipinski definition) is 4. The molecule has 0 aliphatic carbocycles. The van der Waals surface area contributed by atoms with Crippen LogP contribution in [0.1, 0.15) is 16.8 Å². The van der Waals surface area contributed by atoms with Gasteiger partial charge in [0, 0.05) is 18.1 Å². The number of benzene rings is 1. The van der Waals surface area contributed by atoms with Gasteiger partial charge in [0.05, 0.1) is 12.1 Å². The molecule has 0 amide bonds. The number of nitrogens with one attached hydrogen (secondary N) is 1. The van der Waals surface area contributed by atoms with Crippen LogP contribution in [-0.2, 0) is 4.74 Å². The normalized spacial score (nSPS) is 19.9. The molecule has 5 heteroatoms. The second-order valence-corrected chi connectivity index (χ2v) is 4.15. The predicted molar refractivity (Wildman–Crippen MR) is 60.1 cm³/mol. The average Bonchev–Trinajstić information content (AvgIpc) is 2.94. The third kappa shape index (κ3) is 1.78. The van der Waals surface area contributed by atoms with Gasteiger partial charge in [-0.3, -0.25) is 9.78 Å². The van der Waals surface area contributed by atoms with E-state index in [1.165, 1.54) is 0 Å². The Morgan fingerprint density at radius 2 is 2.29 bits per heavy atom. The summed E-state index contributed by atoms with van der Waals surface area (Å²) in [5.41, 5.74) is 1.59. The number of ether oxygens (including phenoxy) is 1. The van der Waals surface area contributed by atoms with Crippen LogP contribution in [0.3, 0.4) is 0 Å². The van der Waals surface area contributed by atoms with Gasteiger partial charge in [-0.05, 0) is 24.6 Å². The van der Waals surface area contributed by atoms with E-state index < -0.39 is 5.76 Å². The molecule has 1 aliphatic heterocycles. The van der Waals surface area contributed by atoms with Gasteiger partial charge in [0.15, 0.2) is 11.4 Å². The molecule has 0 bridgehead atoms. The van der Waals surface area contributed by atoms with Gasteiger partial charge in [0.2, 0.25) is 0 Å². The summed E-state index contributed by atoms with van der Waals surface area (Å²) in [4.78, 5) is 25.6. The number of rotatable bonds is 2. The summed E-state index contributed by atoms with van der Waals surface area (Å²) in [6.45, 7) is 1.12. The molecule has 2 heterocycles. The number of H-pyrrole nitrogens is 1. The third-order valence-electron chi connectivity index (χ3n) is 3.01. The van der Waals surface area contributed by atoms with Crippen LogP contribution in [0.2, 0.25) is 0 Å². The summed E-state index contributed by atoms with van der Waals surface area (Å²) in [6, 6.07) is 4.99. The summed E-state index contributed by atoms with van der Waals surface area (Å²) in [6.07, 6.45) is 0.758. The van der Waals surface area contributed by atoms with Crippen LogP contribution >= 0.6 is 0 Å². The monoisotopic (exact) mass is 233 g/mol. The zero-order chi connectivity index (χ0) is 11.8. The largest absolute Gasteiger partial charge is 0.417 e. The van der Waals surface area contributed by atoms with Crippen LogP contribution in [0.15, 0.2) is 27.4 Å². The van der Waals surface area contributed by atoms with Gasteiger partial charge in [0.1, 0.15) is 0 Å². The highest BCUT2D eigenvalue weighted by atomic mass is 16.5. The highest BCUT2D eigenvalue weighted by molar-refractivity contribution is 6.00. The minimum absolute atomic E-state index is 0.0493. The molecule has 0 saturated carbocycles. The van der Waals surface area contributed by atoms with Crippen molar-refractivity contribution in [1.82, 2.24) is 4.98 Å². The van der Waals surface area contributed by atoms with Gasteiger partial charge in [-0.2, -0.15) is 0 Å². The maximum Gasteiger partial charge on any atom is 0.417 e. The van der Waals surface area contributed by atoms with Crippen LogP contribution in [0.5, 0.6) is 0 Å². The van der Waals surface area contributed by atoms with Crippen molar-refractivity contribution < 1.29 is 13.9 Å². The van der Waals surface area contributed by atoms with Gasteiger partial charge in [-0.25, -0.2) is 4.79 Å². The van der Waals surface area contributed by atoms with Crippen molar-refractivity contribution in [3.05, 3.63) is 34.3 Å². The van der Waals surface area contributed by atoms with Crippen molar-refractivity contribution >= 4 is 16.9 Å². The Kier molecular flexibility index (Phi) is 2.33. The molecule has 1 aromatic heterocycles. The van der Waals surface area contributed by atoms with Gasteiger partial charge < -0.3 is 9.15 Å². The lowest BCUT2D eigenvalue weighted by Crippen LogP contribution is -2.14. The highest BCUT2D eigenvalue weighted by Gasteiger charge is 2.24. The molecule has 1 atom stereocenters. The Labute approximate surface area is 96.4 Å². The van der Waals surface area contributed by atoms with Crippen molar-refractivity contribution in [3.8, 4) is 0 Å². The quantitative estimate of drug-likeness (QED) is 0.794. The van der Waals surface area contributed by atoms with Crippen molar-refractivity contribution in [2.75, 3.05) is 13.2 Å². The average molecular weight is 233 g/mol. The lowest BCUT2D eigenvalue weighted by Gasteiger charge is -2.05.